The molecular weight excluding hydrogens is 364 g/mol. The van der Waals surface area contributed by atoms with Gasteiger partial charge in [-0.25, -0.2) is 0 Å². The molecule has 0 heterocycles. The van der Waals surface area contributed by atoms with Gasteiger partial charge in [0.1, 0.15) is 0 Å². The molecule has 2 N–H and O–H groups in total. The van der Waals surface area contributed by atoms with E-state index in [9.17, 15) is 19.8 Å². The summed E-state index contributed by atoms with van der Waals surface area (Å²) in [5.41, 5.74) is 4.72. The molecule has 0 unspecified atom stereocenters. The van der Waals surface area contributed by atoms with Crippen LogP contribution in [0.15, 0.2) is 12.1 Å². The van der Waals surface area contributed by atoms with Gasteiger partial charge in [0.25, 0.3) is 0 Å². The average molecular weight is 401 g/mol. The second-order valence-corrected chi connectivity index (χ2v) is 9.64. The van der Waals surface area contributed by atoms with E-state index in [1.165, 1.54) is 22.3 Å². The van der Waals surface area contributed by atoms with Crippen LogP contribution in [0.4, 0.5) is 0 Å². The summed E-state index contributed by atoms with van der Waals surface area (Å²) in [5.74, 6) is -1.21. The van der Waals surface area contributed by atoms with E-state index in [1.54, 1.807) is 0 Å². The normalized spacial score (nSPS) is 18.4. The number of carboxylic acid groups (broad SMARTS) is 2. The van der Waals surface area contributed by atoms with Gasteiger partial charge in [0.05, 0.1) is 10.8 Å². The highest BCUT2D eigenvalue weighted by atomic mass is 16.4. The van der Waals surface area contributed by atoms with Crippen molar-refractivity contribution < 1.29 is 19.8 Å². The van der Waals surface area contributed by atoms with Gasteiger partial charge in [0.2, 0.25) is 0 Å². The van der Waals surface area contributed by atoms with Crippen LogP contribution in [-0.2, 0) is 22.4 Å². The van der Waals surface area contributed by atoms with E-state index >= 15 is 0 Å². The van der Waals surface area contributed by atoms with Crippen LogP contribution in [-0.4, -0.2) is 22.2 Å². The summed E-state index contributed by atoms with van der Waals surface area (Å²) in [7, 11) is 0. The lowest BCUT2D eigenvalue weighted by Gasteiger charge is -2.14. The van der Waals surface area contributed by atoms with Crippen LogP contribution >= 0.6 is 0 Å². The van der Waals surface area contributed by atoms with Crippen LogP contribution in [0.2, 0.25) is 0 Å². The summed E-state index contributed by atoms with van der Waals surface area (Å²) in [6, 6.07) is 4.62. The third-order valence-electron chi connectivity index (χ3n) is 7.42. The first-order chi connectivity index (χ1) is 13.8. The predicted molar refractivity (Wildman–Crippen MR) is 114 cm³/mol. The molecule has 0 aromatic heterocycles. The van der Waals surface area contributed by atoms with Crippen molar-refractivity contribution >= 4 is 11.9 Å². The fourth-order valence-electron chi connectivity index (χ4n) is 4.61. The first-order valence-corrected chi connectivity index (χ1v) is 11.3. The van der Waals surface area contributed by atoms with E-state index in [2.05, 4.69) is 26.0 Å². The number of unbranched alkanes of at least 4 members (excludes halogenated alkanes) is 3. The molecule has 2 saturated carbocycles. The Balaban J connectivity index is 1.42. The number of carbonyl (C=O) groups is 2. The summed E-state index contributed by atoms with van der Waals surface area (Å²) in [6.07, 6.45) is 12.4. The molecular formula is C25H36O4. The largest absolute Gasteiger partial charge is 0.481 e. The Morgan fingerprint density at radius 2 is 1.31 bits per heavy atom. The molecule has 3 rings (SSSR count). The summed E-state index contributed by atoms with van der Waals surface area (Å²) in [6.45, 7) is 4.37. The highest BCUT2D eigenvalue weighted by Crippen LogP contribution is 2.50. The van der Waals surface area contributed by atoms with Crippen LogP contribution in [0.3, 0.4) is 0 Å². The highest BCUT2D eigenvalue weighted by molar-refractivity contribution is 5.78. The van der Waals surface area contributed by atoms with E-state index in [1.807, 2.05) is 0 Å². The SMILES string of the molecule is Cc1cc(CCCCC2(C(=O)O)CC2)cc(CCCCCC2(C(=O)O)CC2)c1C. The molecule has 0 atom stereocenters. The number of rotatable bonds is 13. The summed E-state index contributed by atoms with van der Waals surface area (Å²) in [4.78, 5) is 22.5. The lowest BCUT2D eigenvalue weighted by Crippen LogP contribution is -2.14. The molecule has 0 saturated heterocycles. The van der Waals surface area contributed by atoms with E-state index < -0.39 is 17.4 Å². The Kier molecular flexibility index (Phi) is 6.70. The van der Waals surface area contributed by atoms with E-state index in [0.29, 0.717) is 0 Å². The number of aryl methyl sites for hydroxylation is 3. The van der Waals surface area contributed by atoms with Gasteiger partial charge < -0.3 is 10.2 Å². The molecule has 0 bridgehead atoms. The van der Waals surface area contributed by atoms with Gasteiger partial charge in [-0.1, -0.05) is 31.4 Å². The fraction of sp³-hybridized carbons (Fsp3) is 0.680. The van der Waals surface area contributed by atoms with Crippen LogP contribution in [0.25, 0.3) is 0 Å². The second kappa shape index (κ2) is 8.89. The Labute approximate surface area is 174 Å². The number of aliphatic carboxylic acids is 2. The van der Waals surface area contributed by atoms with Crippen molar-refractivity contribution in [1.82, 2.24) is 0 Å². The Morgan fingerprint density at radius 1 is 0.793 bits per heavy atom. The van der Waals surface area contributed by atoms with Gasteiger partial charge in [-0.2, -0.15) is 0 Å². The predicted octanol–water partition coefficient (Wildman–Crippen LogP) is 5.85. The minimum Gasteiger partial charge on any atom is -0.481 e. The lowest BCUT2D eigenvalue weighted by molar-refractivity contribution is -0.144. The minimum atomic E-state index is -0.609. The van der Waals surface area contributed by atoms with Crippen molar-refractivity contribution in [1.29, 1.82) is 0 Å². The summed E-state index contributed by atoms with van der Waals surface area (Å²) in [5, 5.41) is 18.6. The topological polar surface area (TPSA) is 74.6 Å². The molecule has 4 heteroatoms. The Bertz CT molecular complexity index is 756. The lowest BCUT2D eigenvalue weighted by atomic mass is 9.92. The third-order valence-corrected chi connectivity index (χ3v) is 7.42. The van der Waals surface area contributed by atoms with Crippen molar-refractivity contribution in [3.05, 3.63) is 34.4 Å². The third kappa shape index (κ3) is 5.40. The van der Waals surface area contributed by atoms with Gasteiger partial charge >= 0.3 is 11.9 Å². The Hall–Kier alpha value is -1.84. The maximum atomic E-state index is 11.3. The van der Waals surface area contributed by atoms with Crippen molar-refractivity contribution in [2.45, 2.75) is 97.3 Å². The van der Waals surface area contributed by atoms with Crippen LogP contribution in [0.1, 0.15) is 92.9 Å². The zero-order chi connectivity index (χ0) is 21.1. The molecule has 0 radical (unpaired) electrons. The first kappa shape index (κ1) is 21.9. The van der Waals surface area contributed by atoms with Gasteiger partial charge in [-0.3, -0.25) is 9.59 Å². The van der Waals surface area contributed by atoms with E-state index in [0.717, 1.165) is 83.5 Å². The maximum Gasteiger partial charge on any atom is 0.309 e. The minimum absolute atomic E-state index is 0.383. The first-order valence-electron chi connectivity index (χ1n) is 11.3. The van der Waals surface area contributed by atoms with Crippen molar-refractivity contribution in [2.24, 2.45) is 10.8 Å². The van der Waals surface area contributed by atoms with Crippen molar-refractivity contribution in [3.8, 4) is 0 Å². The highest BCUT2D eigenvalue weighted by Gasteiger charge is 2.49. The standard InChI is InChI=1S/C25H36O4/c1-18-16-20(8-5-7-11-25(14-15-25)23(28)29)17-21(19(18)2)9-4-3-6-10-24(12-13-24)22(26)27/h16-17H,3-15H2,1-2H3,(H,26,27)(H,28,29). The van der Waals surface area contributed by atoms with Gasteiger partial charge in [0, 0.05) is 0 Å². The van der Waals surface area contributed by atoms with Crippen LogP contribution < -0.4 is 0 Å². The van der Waals surface area contributed by atoms with Gasteiger partial charge in [-0.05, 0) is 100 Å². The maximum absolute atomic E-state index is 11.3. The molecule has 2 aliphatic carbocycles. The smallest absolute Gasteiger partial charge is 0.309 e. The number of carboxylic acids is 2. The molecule has 2 aliphatic rings. The molecule has 160 valence electrons. The molecule has 29 heavy (non-hydrogen) atoms. The van der Waals surface area contributed by atoms with Crippen LogP contribution in [0, 0.1) is 24.7 Å². The molecule has 1 aromatic rings. The number of benzene rings is 1. The zero-order valence-corrected chi connectivity index (χ0v) is 18.1. The fourth-order valence-corrected chi connectivity index (χ4v) is 4.61. The molecule has 4 nitrogen and oxygen atoms in total. The van der Waals surface area contributed by atoms with E-state index in [-0.39, 0.29) is 5.41 Å². The average Bonchev–Trinajstić information content (AvgIpc) is 3.57. The van der Waals surface area contributed by atoms with Gasteiger partial charge in [-0.15, -0.1) is 0 Å². The quantitative estimate of drug-likeness (QED) is 0.407. The molecule has 2 fully saturated rings. The van der Waals surface area contributed by atoms with Crippen molar-refractivity contribution in [3.63, 3.8) is 0 Å². The molecule has 1 aromatic carbocycles. The summed E-state index contributed by atoms with van der Waals surface area (Å²) >= 11 is 0. The molecule has 0 spiro atoms. The molecule has 0 amide bonds. The zero-order valence-electron chi connectivity index (χ0n) is 18.1. The Morgan fingerprint density at radius 3 is 1.83 bits per heavy atom. The van der Waals surface area contributed by atoms with Crippen molar-refractivity contribution in [2.75, 3.05) is 0 Å². The number of hydrogen-bond acceptors (Lipinski definition) is 2. The van der Waals surface area contributed by atoms with Gasteiger partial charge in [0.15, 0.2) is 0 Å². The van der Waals surface area contributed by atoms with E-state index in [4.69, 9.17) is 0 Å². The summed E-state index contributed by atoms with van der Waals surface area (Å²) < 4.78 is 0. The second-order valence-electron chi connectivity index (χ2n) is 9.64. The van der Waals surface area contributed by atoms with Crippen LogP contribution in [0.5, 0.6) is 0 Å². The number of hydrogen-bond donors (Lipinski definition) is 2. The monoisotopic (exact) mass is 400 g/mol. The molecule has 0 aliphatic heterocycles.